The first-order valence-electron chi connectivity index (χ1n) is 9.68. The third kappa shape index (κ3) is 6.01. The maximum atomic E-state index is 13.2. The molecule has 0 atom stereocenters. The Kier molecular flexibility index (Phi) is 8.30. The summed E-state index contributed by atoms with van der Waals surface area (Å²) in [6, 6.07) is 11.7. The normalized spacial score (nSPS) is 13.9. The maximum Gasteiger partial charge on any atom is 1.00 e. The molecule has 0 bridgehead atoms. The molecular weight excluding hydrogens is 480 g/mol. The van der Waals surface area contributed by atoms with Crippen LogP contribution in [0.1, 0.15) is 10.4 Å². The van der Waals surface area contributed by atoms with E-state index in [-0.39, 0.29) is 45.0 Å². The van der Waals surface area contributed by atoms with Gasteiger partial charge in [-0.05, 0) is 42.5 Å². The first kappa shape index (κ1) is 25.4. The van der Waals surface area contributed by atoms with Crippen LogP contribution in [0, 0.1) is 5.82 Å². The van der Waals surface area contributed by atoms with E-state index in [0.717, 1.165) is 37.1 Å². The maximum absolute atomic E-state index is 13.2. The van der Waals surface area contributed by atoms with Crippen LogP contribution >= 0.6 is 11.6 Å². The van der Waals surface area contributed by atoms with Gasteiger partial charge in [0.1, 0.15) is 27.5 Å². The van der Waals surface area contributed by atoms with Gasteiger partial charge in [0.2, 0.25) is 0 Å². The number of halogens is 2. The summed E-state index contributed by atoms with van der Waals surface area (Å²) in [7, 11) is -4.30. The van der Waals surface area contributed by atoms with Crippen LogP contribution < -0.4 is 39.4 Å². The summed E-state index contributed by atoms with van der Waals surface area (Å²) < 4.78 is 41.5. The van der Waals surface area contributed by atoms with Crippen LogP contribution in [-0.2, 0) is 10.0 Å². The number of aromatic nitrogens is 2. The van der Waals surface area contributed by atoms with Gasteiger partial charge in [-0.2, -0.15) is 0 Å². The first-order valence-corrected chi connectivity index (χ1v) is 11.5. The van der Waals surface area contributed by atoms with Crippen molar-refractivity contribution >= 4 is 39.2 Å². The van der Waals surface area contributed by atoms with Crippen molar-refractivity contribution in [2.45, 2.75) is 4.90 Å². The Morgan fingerprint density at radius 2 is 1.64 bits per heavy atom. The summed E-state index contributed by atoms with van der Waals surface area (Å²) in [5.74, 6) is -0.189. The van der Waals surface area contributed by atoms with Gasteiger partial charge < -0.3 is 19.3 Å². The van der Waals surface area contributed by atoms with E-state index in [2.05, 4.69) is 19.6 Å². The van der Waals surface area contributed by atoms with Crippen molar-refractivity contribution in [2.24, 2.45) is 0 Å². The molecule has 1 amide bonds. The van der Waals surface area contributed by atoms with Crippen LogP contribution in [0.5, 0.6) is 0 Å². The van der Waals surface area contributed by atoms with E-state index < -0.39 is 21.7 Å². The van der Waals surface area contributed by atoms with E-state index in [4.69, 9.17) is 11.6 Å². The first-order chi connectivity index (χ1) is 15.3. The minimum Gasteiger partial charge on any atom is -0.537 e. The van der Waals surface area contributed by atoms with Crippen molar-refractivity contribution in [3.05, 3.63) is 82.1 Å². The Hall–Kier alpha value is -2.24. The summed E-state index contributed by atoms with van der Waals surface area (Å²) in [6.45, 7) is 2.89. The zero-order chi connectivity index (χ0) is 22.7. The van der Waals surface area contributed by atoms with Crippen molar-refractivity contribution < 1.29 is 47.2 Å². The van der Waals surface area contributed by atoms with Crippen LogP contribution in [0.25, 0.3) is 4.72 Å². The summed E-state index contributed by atoms with van der Waals surface area (Å²) in [5, 5.41) is -0.215. The van der Waals surface area contributed by atoms with Gasteiger partial charge in [-0.1, -0.05) is 17.7 Å². The molecule has 2 aromatic heterocycles. The molecule has 1 aromatic carbocycles. The molecule has 0 radical (unpaired) electrons. The number of sulfonamides is 1. The molecule has 1 fully saturated rings. The molecule has 1 aliphatic heterocycles. The summed E-state index contributed by atoms with van der Waals surface area (Å²) in [6.07, 6.45) is 2.92. The van der Waals surface area contributed by atoms with Crippen LogP contribution in [-0.4, -0.2) is 50.5 Å². The predicted octanol–water partition coefficient (Wildman–Crippen LogP) is 0.502. The fourth-order valence-corrected chi connectivity index (χ4v) is 4.39. The zero-order valence-electron chi connectivity index (χ0n) is 17.7. The Bertz CT molecular complexity index is 1220. The topological polar surface area (TPSA) is 97.6 Å². The summed E-state index contributed by atoms with van der Waals surface area (Å²) >= 11 is 5.81. The molecule has 0 aliphatic carbocycles. The molecule has 1 saturated heterocycles. The van der Waals surface area contributed by atoms with Gasteiger partial charge in [-0.25, -0.2) is 22.8 Å². The molecule has 0 N–H and O–H groups in total. The van der Waals surface area contributed by atoms with E-state index >= 15 is 0 Å². The van der Waals surface area contributed by atoms with E-state index in [9.17, 15) is 17.6 Å². The average Bonchev–Trinajstić information content (AvgIpc) is 2.79. The van der Waals surface area contributed by atoms with Gasteiger partial charge in [-0.15, -0.1) is 0 Å². The van der Waals surface area contributed by atoms with Gasteiger partial charge >= 0.3 is 29.6 Å². The molecule has 1 aliphatic rings. The number of hydrogen-bond acceptors (Lipinski definition) is 7. The predicted molar refractivity (Wildman–Crippen MR) is 119 cm³/mol. The van der Waals surface area contributed by atoms with Gasteiger partial charge in [0, 0.05) is 44.1 Å². The van der Waals surface area contributed by atoms with Gasteiger partial charge in [0.05, 0.1) is 15.8 Å². The third-order valence-electron chi connectivity index (χ3n) is 4.96. The second kappa shape index (κ2) is 10.8. The molecule has 3 heterocycles. The molecule has 3 aromatic rings. The molecule has 8 nitrogen and oxygen atoms in total. The van der Waals surface area contributed by atoms with E-state index in [1.807, 2.05) is 23.1 Å². The number of amides is 1. The number of anilines is 2. The van der Waals surface area contributed by atoms with Crippen molar-refractivity contribution in [2.75, 3.05) is 36.0 Å². The number of pyridine rings is 2. The number of carbonyl (C=O) groups excluding carboxylic acids is 1. The van der Waals surface area contributed by atoms with E-state index in [0.29, 0.717) is 18.9 Å². The molecule has 0 unspecified atom stereocenters. The third-order valence-corrected chi connectivity index (χ3v) is 6.52. The Morgan fingerprint density at radius 3 is 2.18 bits per heavy atom. The van der Waals surface area contributed by atoms with Gasteiger partial charge in [-0.3, -0.25) is 0 Å². The standard InChI is InChI=1S/C21H19ClFN5O3S.Na/c22-18-13-15(23)4-6-17(18)21(29)26-32(30,31)16-5-7-20(25-14-16)28-11-9-27(10-12-28)19-3-1-2-8-24-19;/h1-8,13-14H,9-12H2,(H,26,29);/q;+1/p-1. The smallest absolute Gasteiger partial charge is 0.537 e. The molecule has 0 spiro atoms. The van der Waals surface area contributed by atoms with Crippen molar-refractivity contribution in [1.29, 1.82) is 0 Å². The van der Waals surface area contributed by atoms with Crippen molar-refractivity contribution in [1.82, 2.24) is 9.97 Å². The van der Waals surface area contributed by atoms with Crippen molar-refractivity contribution in [3.8, 4) is 0 Å². The largest absolute Gasteiger partial charge is 1.00 e. The molecule has 166 valence electrons. The van der Waals surface area contributed by atoms with Crippen LogP contribution in [0.3, 0.4) is 0 Å². The monoisotopic (exact) mass is 497 g/mol. The number of benzene rings is 1. The Balaban J connectivity index is 0.00000306. The van der Waals surface area contributed by atoms with Gasteiger partial charge in [0.25, 0.3) is 0 Å². The molecular formula is C21H18ClFN5NaO3S. The van der Waals surface area contributed by atoms with Crippen LogP contribution in [0.15, 0.2) is 65.8 Å². The zero-order valence-corrected chi connectivity index (χ0v) is 21.3. The summed E-state index contributed by atoms with van der Waals surface area (Å²) in [4.78, 5) is 24.8. The molecule has 4 rings (SSSR count). The minimum atomic E-state index is -4.30. The van der Waals surface area contributed by atoms with Crippen molar-refractivity contribution in [3.63, 3.8) is 0 Å². The number of rotatable bonds is 5. The Labute approximate surface area is 218 Å². The second-order valence-corrected chi connectivity index (χ2v) is 9.02. The molecule has 12 heteroatoms. The molecule has 33 heavy (non-hydrogen) atoms. The number of piperazine rings is 1. The number of nitrogens with zero attached hydrogens (tertiary/aromatic N) is 5. The average molecular weight is 498 g/mol. The molecule has 0 saturated carbocycles. The Morgan fingerprint density at radius 1 is 0.970 bits per heavy atom. The van der Waals surface area contributed by atoms with Crippen LogP contribution in [0.2, 0.25) is 5.02 Å². The van der Waals surface area contributed by atoms with Gasteiger partial charge in [0.15, 0.2) is 0 Å². The van der Waals surface area contributed by atoms with E-state index in [1.54, 1.807) is 12.3 Å². The summed E-state index contributed by atoms with van der Waals surface area (Å²) in [5.41, 5.74) is -0.202. The second-order valence-electron chi connectivity index (χ2n) is 7.01. The van der Waals surface area contributed by atoms with E-state index in [1.165, 1.54) is 12.3 Å². The SMILES string of the molecule is O=C([N-]S(=O)(=O)c1ccc(N2CCN(c3ccccn3)CC2)nc1)c1ccc(F)cc1Cl.[Na+]. The number of carbonyl (C=O) groups is 1. The quantitative estimate of drug-likeness (QED) is 0.474. The fourth-order valence-electron chi connectivity index (χ4n) is 3.29. The van der Waals surface area contributed by atoms with Crippen LogP contribution in [0.4, 0.5) is 16.0 Å². The number of hydrogen-bond donors (Lipinski definition) is 0. The minimum absolute atomic E-state index is 0. The fraction of sp³-hybridized carbons (Fsp3) is 0.190.